The van der Waals surface area contributed by atoms with Gasteiger partial charge in [0.25, 0.3) is 0 Å². The smallest absolute Gasteiger partial charge is 0.132 e. The van der Waals surface area contributed by atoms with E-state index in [1.807, 2.05) is 19.9 Å². The van der Waals surface area contributed by atoms with Crippen LogP contribution in [0.4, 0.5) is 0 Å². The predicted molar refractivity (Wildman–Crippen MR) is 128 cm³/mol. The summed E-state index contributed by atoms with van der Waals surface area (Å²) in [6.07, 6.45) is 3.49. The van der Waals surface area contributed by atoms with Crippen LogP contribution in [-0.4, -0.2) is 31.0 Å². The molecule has 2 aromatic rings. The number of benzene rings is 2. The molecule has 0 aromatic heterocycles. The second-order valence-electron chi connectivity index (χ2n) is 8.69. The van der Waals surface area contributed by atoms with Gasteiger partial charge in [-0.25, -0.2) is 0 Å². The third-order valence-corrected chi connectivity index (χ3v) is 6.05. The molecule has 3 rings (SSSR count). The number of ether oxygens (including phenoxy) is 3. The summed E-state index contributed by atoms with van der Waals surface area (Å²) >= 11 is 0. The van der Waals surface area contributed by atoms with Crippen LogP contribution >= 0.6 is 0 Å². The zero-order valence-corrected chi connectivity index (χ0v) is 19.6. The molecule has 2 aromatic carbocycles. The molecule has 1 atom stereocenters. The van der Waals surface area contributed by atoms with Crippen molar-refractivity contribution in [3.05, 3.63) is 64.8 Å². The fraction of sp³-hybridized carbons (Fsp3) is 0.407. The number of methoxy groups -OCH3 is 2. The fourth-order valence-electron chi connectivity index (χ4n) is 4.28. The summed E-state index contributed by atoms with van der Waals surface area (Å²) < 4.78 is 17.6. The zero-order valence-electron chi connectivity index (χ0n) is 19.6. The Kier molecular flexibility index (Phi) is 7.39. The van der Waals surface area contributed by atoms with Gasteiger partial charge in [0, 0.05) is 34.2 Å². The molecule has 0 amide bonds. The molecule has 0 saturated carbocycles. The van der Waals surface area contributed by atoms with E-state index >= 15 is 0 Å². The average Bonchev–Trinajstić information content (AvgIpc) is 2.76. The van der Waals surface area contributed by atoms with Crippen LogP contribution in [0.25, 0.3) is 0 Å². The van der Waals surface area contributed by atoms with E-state index in [0.717, 1.165) is 57.9 Å². The highest BCUT2D eigenvalue weighted by molar-refractivity contribution is 5.60. The van der Waals surface area contributed by atoms with Crippen molar-refractivity contribution in [2.45, 2.75) is 51.9 Å². The molecule has 0 radical (unpaired) electrons. The van der Waals surface area contributed by atoms with Crippen LogP contribution in [0.1, 0.15) is 54.9 Å². The lowest BCUT2D eigenvalue weighted by Crippen LogP contribution is -2.21. The summed E-state index contributed by atoms with van der Waals surface area (Å²) in [5, 5.41) is 21.3. The number of hydrogen-bond donors (Lipinski definition) is 2. The Morgan fingerprint density at radius 1 is 1.03 bits per heavy atom. The van der Waals surface area contributed by atoms with E-state index in [1.54, 1.807) is 26.4 Å². The molecule has 1 unspecified atom stereocenters. The molecule has 2 N–H and O–H groups in total. The minimum atomic E-state index is -0.0667. The molecule has 0 bridgehead atoms. The second kappa shape index (κ2) is 10.0. The van der Waals surface area contributed by atoms with Gasteiger partial charge in [-0.15, -0.1) is 13.2 Å². The second-order valence-corrected chi connectivity index (χ2v) is 8.69. The minimum absolute atomic E-state index is 0.0667. The summed E-state index contributed by atoms with van der Waals surface area (Å²) in [5.41, 5.74) is 5.39. The van der Waals surface area contributed by atoms with E-state index < -0.39 is 0 Å². The van der Waals surface area contributed by atoms with Crippen molar-refractivity contribution in [1.29, 1.82) is 0 Å². The normalized spacial score (nSPS) is 14.9. The maximum absolute atomic E-state index is 11.0. The Morgan fingerprint density at radius 2 is 1.69 bits per heavy atom. The molecule has 0 aliphatic carbocycles. The van der Waals surface area contributed by atoms with Gasteiger partial charge in [0.05, 0.1) is 20.8 Å². The van der Waals surface area contributed by atoms with E-state index in [-0.39, 0.29) is 17.4 Å². The number of phenols is 2. The molecule has 0 fully saturated rings. The average molecular weight is 439 g/mol. The van der Waals surface area contributed by atoms with Gasteiger partial charge >= 0.3 is 0 Å². The van der Waals surface area contributed by atoms with Crippen LogP contribution in [0.5, 0.6) is 28.7 Å². The van der Waals surface area contributed by atoms with Gasteiger partial charge in [0.2, 0.25) is 0 Å². The topological polar surface area (TPSA) is 68.2 Å². The first-order valence-corrected chi connectivity index (χ1v) is 11.0. The van der Waals surface area contributed by atoms with Gasteiger partial charge in [-0.3, -0.25) is 0 Å². The molecule has 5 nitrogen and oxygen atoms in total. The van der Waals surface area contributed by atoms with E-state index in [0.29, 0.717) is 31.4 Å². The lowest BCUT2D eigenvalue weighted by atomic mass is 9.86. The molecule has 1 heterocycles. The Bertz CT molecular complexity index is 1020. The number of fused-ring (bicyclic) bond motifs is 1. The number of aromatic hydroxyl groups is 2. The molecule has 1 aliphatic rings. The SMILES string of the molecule is C=C(C)CCc1c(O)ccc(C2COc3cc(OC)c(CCC(=C)C)c(OC)c3C2)c1O. The van der Waals surface area contributed by atoms with Crippen molar-refractivity contribution >= 4 is 0 Å². The lowest BCUT2D eigenvalue weighted by Gasteiger charge is -2.30. The van der Waals surface area contributed by atoms with Gasteiger partial charge in [0.15, 0.2) is 0 Å². The van der Waals surface area contributed by atoms with Crippen molar-refractivity contribution in [1.82, 2.24) is 0 Å². The van der Waals surface area contributed by atoms with E-state index in [4.69, 9.17) is 14.2 Å². The van der Waals surface area contributed by atoms with Crippen LogP contribution in [0.3, 0.4) is 0 Å². The molecule has 0 saturated heterocycles. The number of rotatable bonds is 9. The maximum Gasteiger partial charge on any atom is 0.132 e. The van der Waals surface area contributed by atoms with Gasteiger partial charge in [0.1, 0.15) is 28.7 Å². The fourth-order valence-corrected chi connectivity index (χ4v) is 4.28. The summed E-state index contributed by atoms with van der Waals surface area (Å²) in [5.74, 6) is 2.44. The largest absolute Gasteiger partial charge is 0.508 e. The van der Waals surface area contributed by atoms with Crippen molar-refractivity contribution in [3.8, 4) is 28.7 Å². The van der Waals surface area contributed by atoms with Crippen molar-refractivity contribution in [2.24, 2.45) is 0 Å². The highest BCUT2D eigenvalue weighted by atomic mass is 16.5. The number of allylic oxidation sites excluding steroid dienone is 2. The third-order valence-electron chi connectivity index (χ3n) is 6.05. The zero-order chi connectivity index (χ0) is 23.4. The van der Waals surface area contributed by atoms with Crippen molar-refractivity contribution in [2.75, 3.05) is 20.8 Å². The van der Waals surface area contributed by atoms with Crippen LogP contribution < -0.4 is 14.2 Å². The predicted octanol–water partition coefficient (Wildman–Crippen LogP) is 5.85. The Balaban J connectivity index is 1.99. The summed E-state index contributed by atoms with van der Waals surface area (Å²) in [7, 11) is 3.31. The third kappa shape index (κ3) is 4.87. The van der Waals surface area contributed by atoms with E-state index in [9.17, 15) is 10.2 Å². The maximum atomic E-state index is 11.0. The first-order chi connectivity index (χ1) is 15.3. The van der Waals surface area contributed by atoms with Crippen LogP contribution in [0.2, 0.25) is 0 Å². The monoisotopic (exact) mass is 438 g/mol. The lowest BCUT2D eigenvalue weighted by molar-refractivity contribution is 0.251. The first kappa shape index (κ1) is 23.6. The molecule has 5 heteroatoms. The Morgan fingerprint density at radius 3 is 2.28 bits per heavy atom. The molecule has 172 valence electrons. The van der Waals surface area contributed by atoms with Crippen molar-refractivity contribution < 1.29 is 24.4 Å². The Labute approximate surface area is 191 Å². The minimum Gasteiger partial charge on any atom is -0.508 e. The van der Waals surface area contributed by atoms with E-state index in [1.165, 1.54) is 0 Å². The number of phenolic OH excluding ortho intramolecular Hbond substituents is 2. The van der Waals surface area contributed by atoms with Gasteiger partial charge in [-0.2, -0.15) is 0 Å². The van der Waals surface area contributed by atoms with Crippen LogP contribution in [0.15, 0.2) is 42.5 Å². The highest BCUT2D eigenvalue weighted by Gasteiger charge is 2.30. The molecule has 0 spiro atoms. The van der Waals surface area contributed by atoms with Crippen LogP contribution in [0, 0.1) is 0 Å². The van der Waals surface area contributed by atoms with Gasteiger partial charge in [-0.05, 0) is 52.0 Å². The van der Waals surface area contributed by atoms with Gasteiger partial charge < -0.3 is 24.4 Å². The quantitative estimate of drug-likeness (QED) is 0.481. The summed E-state index contributed by atoms with van der Waals surface area (Å²) in [4.78, 5) is 0. The number of hydrogen-bond acceptors (Lipinski definition) is 5. The Hall–Kier alpha value is -3.08. The molecular weight excluding hydrogens is 404 g/mol. The van der Waals surface area contributed by atoms with E-state index in [2.05, 4.69) is 13.2 Å². The highest BCUT2D eigenvalue weighted by Crippen LogP contribution is 2.47. The molecule has 1 aliphatic heterocycles. The van der Waals surface area contributed by atoms with Crippen LogP contribution in [-0.2, 0) is 19.3 Å². The molecular formula is C27H34O5. The van der Waals surface area contributed by atoms with Gasteiger partial charge in [-0.1, -0.05) is 17.2 Å². The molecule has 32 heavy (non-hydrogen) atoms. The standard InChI is InChI=1S/C27H34O5/c1-16(2)7-9-20-23(28)12-11-19(26(20)29)18-13-22-25(32-15-18)14-24(30-5)21(27(22)31-6)10-8-17(3)4/h11-12,14,18,28-29H,1,3,7-10,13,15H2,2,4-6H3. The summed E-state index contributed by atoms with van der Waals surface area (Å²) in [6.45, 7) is 12.3. The van der Waals surface area contributed by atoms with Crippen molar-refractivity contribution in [3.63, 3.8) is 0 Å². The first-order valence-electron chi connectivity index (χ1n) is 11.0. The summed E-state index contributed by atoms with van der Waals surface area (Å²) in [6, 6.07) is 5.37.